The lowest BCUT2D eigenvalue weighted by atomic mass is 10.2. The fourth-order valence-electron chi connectivity index (χ4n) is 1.74. The van der Waals surface area contributed by atoms with Gasteiger partial charge in [-0.2, -0.15) is 0 Å². The fraction of sp³-hybridized carbons (Fsp3) is 0.143. The maximum atomic E-state index is 12.5. The van der Waals surface area contributed by atoms with Crippen molar-refractivity contribution in [1.29, 1.82) is 0 Å². The minimum absolute atomic E-state index is 0.166. The number of hydrogen-bond donors (Lipinski definition) is 1. The van der Waals surface area contributed by atoms with Gasteiger partial charge in [0.05, 0.1) is 5.69 Å². The lowest BCUT2D eigenvalue weighted by Crippen LogP contribution is -2.14. The molecule has 0 aromatic heterocycles. The van der Waals surface area contributed by atoms with Gasteiger partial charge in [0.25, 0.3) is 10.0 Å². The summed E-state index contributed by atoms with van der Waals surface area (Å²) >= 11 is 12.6. The summed E-state index contributed by atoms with van der Waals surface area (Å²) in [7, 11) is -3.71. The summed E-state index contributed by atoms with van der Waals surface area (Å²) in [6, 6.07) is 8.39. The first-order chi connectivity index (χ1) is 9.70. The molecule has 0 aliphatic heterocycles. The molecule has 0 fully saturated rings. The quantitative estimate of drug-likeness (QED) is 0.687. The third-order valence-corrected chi connectivity index (χ3v) is 6.36. The van der Waals surface area contributed by atoms with E-state index >= 15 is 0 Å². The minimum atomic E-state index is -3.71. The van der Waals surface area contributed by atoms with E-state index in [0.29, 0.717) is 15.2 Å². The number of nitrogens with one attached hydrogen (secondary N) is 1. The molecule has 0 saturated carbocycles. The molecule has 0 aliphatic carbocycles. The van der Waals surface area contributed by atoms with Gasteiger partial charge >= 0.3 is 0 Å². The van der Waals surface area contributed by atoms with Crippen LogP contribution < -0.4 is 4.72 Å². The highest BCUT2D eigenvalue weighted by Crippen LogP contribution is 2.31. The summed E-state index contributed by atoms with van der Waals surface area (Å²) in [6.45, 7) is 3.70. The zero-order valence-corrected chi connectivity index (χ0v) is 16.0. The van der Waals surface area contributed by atoms with Crippen molar-refractivity contribution in [1.82, 2.24) is 0 Å². The number of anilines is 1. The van der Waals surface area contributed by atoms with Crippen molar-refractivity contribution in [2.24, 2.45) is 0 Å². The van der Waals surface area contributed by atoms with Gasteiger partial charge in [0, 0.05) is 14.0 Å². The Hall–Kier alpha value is -0.560. The van der Waals surface area contributed by atoms with Crippen molar-refractivity contribution in [3.8, 4) is 0 Å². The van der Waals surface area contributed by atoms with E-state index in [1.54, 1.807) is 30.3 Å². The molecule has 21 heavy (non-hydrogen) atoms. The van der Waals surface area contributed by atoms with Crippen LogP contribution in [0.5, 0.6) is 0 Å². The predicted molar refractivity (Wildman–Crippen MR) is 93.6 cm³/mol. The van der Waals surface area contributed by atoms with Crippen molar-refractivity contribution in [3.63, 3.8) is 0 Å². The molecule has 0 aliphatic rings. The molecule has 2 aromatic rings. The van der Waals surface area contributed by atoms with E-state index in [9.17, 15) is 8.42 Å². The maximum Gasteiger partial charge on any atom is 0.263 e. The van der Waals surface area contributed by atoms with Gasteiger partial charge in [-0.25, -0.2) is 8.42 Å². The van der Waals surface area contributed by atoms with E-state index in [1.165, 1.54) is 0 Å². The molecule has 0 bridgehead atoms. The highest BCUT2D eigenvalue weighted by Gasteiger charge is 2.20. The summed E-state index contributed by atoms with van der Waals surface area (Å²) in [5, 5.41) is 0.474. The Morgan fingerprint density at radius 2 is 1.67 bits per heavy atom. The number of aryl methyl sites for hydroxylation is 2. The van der Waals surface area contributed by atoms with Crippen molar-refractivity contribution in [2.75, 3.05) is 4.72 Å². The Morgan fingerprint density at radius 1 is 1.00 bits per heavy atom. The Balaban J connectivity index is 2.48. The summed E-state index contributed by atoms with van der Waals surface area (Å²) in [6.07, 6.45) is 0. The second kappa shape index (κ2) is 6.28. The van der Waals surface area contributed by atoms with Gasteiger partial charge in [-0.3, -0.25) is 4.72 Å². The van der Waals surface area contributed by atoms with Crippen LogP contribution in [0.25, 0.3) is 0 Å². The second-order valence-electron chi connectivity index (χ2n) is 4.60. The van der Waals surface area contributed by atoms with Crippen LogP contribution in [0, 0.1) is 13.8 Å². The van der Waals surface area contributed by atoms with Crippen LogP contribution in [0.15, 0.2) is 44.2 Å². The highest BCUT2D eigenvalue weighted by molar-refractivity contribution is 9.11. The van der Waals surface area contributed by atoms with Crippen LogP contribution in [0.3, 0.4) is 0 Å². The van der Waals surface area contributed by atoms with Gasteiger partial charge in [0.2, 0.25) is 0 Å². The van der Waals surface area contributed by atoms with Gasteiger partial charge in [-0.1, -0.05) is 33.6 Å². The zero-order valence-electron chi connectivity index (χ0n) is 11.2. The van der Waals surface area contributed by atoms with Gasteiger partial charge in [-0.05, 0) is 65.2 Å². The van der Waals surface area contributed by atoms with Crippen LogP contribution in [0.2, 0.25) is 5.02 Å². The molecule has 7 heteroatoms. The van der Waals surface area contributed by atoms with Crippen LogP contribution in [-0.2, 0) is 10.0 Å². The van der Waals surface area contributed by atoms with E-state index in [4.69, 9.17) is 11.6 Å². The number of benzene rings is 2. The largest absolute Gasteiger partial charge is 0.279 e. The third kappa shape index (κ3) is 3.80. The topological polar surface area (TPSA) is 46.2 Å². The van der Waals surface area contributed by atoms with Crippen molar-refractivity contribution in [2.45, 2.75) is 18.7 Å². The van der Waals surface area contributed by atoms with Crippen LogP contribution in [0.4, 0.5) is 5.69 Å². The average Bonchev–Trinajstić information content (AvgIpc) is 2.37. The van der Waals surface area contributed by atoms with Gasteiger partial charge in [-0.15, -0.1) is 0 Å². The number of hydrogen-bond acceptors (Lipinski definition) is 2. The Kier molecular flexibility index (Phi) is 5.03. The molecule has 0 amide bonds. The zero-order chi connectivity index (χ0) is 15.8. The van der Waals surface area contributed by atoms with E-state index in [0.717, 1.165) is 15.6 Å². The molecular formula is C14H12Br2ClNO2S. The van der Waals surface area contributed by atoms with Crippen LogP contribution >= 0.6 is 43.5 Å². The maximum absolute atomic E-state index is 12.5. The second-order valence-corrected chi connectivity index (χ2v) is 8.39. The number of halogens is 3. The van der Waals surface area contributed by atoms with Crippen LogP contribution in [-0.4, -0.2) is 8.42 Å². The van der Waals surface area contributed by atoms with E-state index in [2.05, 4.69) is 36.6 Å². The molecular weight excluding hydrogens is 441 g/mol. The first kappa shape index (κ1) is 16.8. The van der Waals surface area contributed by atoms with Gasteiger partial charge in [0.15, 0.2) is 0 Å². The smallest absolute Gasteiger partial charge is 0.263 e. The first-order valence-corrected chi connectivity index (χ1v) is 9.40. The first-order valence-electron chi connectivity index (χ1n) is 5.95. The molecule has 0 saturated heterocycles. The Morgan fingerprint density at radius 3 is 2.33 bits per heavy atom. The Labute approximate surface area is 146 Å². The Bertz CT molecular complexity index is 807. The highest BCUT2D eigenvalue weighted by atomic mass is 79.9. The summed E-state index contributed by atoms with van der Waals surface area (Å²) in [5.74, 6) is 0. The molecule has 3 nitrogen and oxygen atoms in total. The lowest BCUT2D eigenvalue weighted by Gasteiger charge is -2.13. The monoisotopic (exact) mass is 451 g/mol. The minimum Gasteiger partial charge on any atom is -0.279 e. The van der Waals surface area contributed by atoms with E-state index in [-0.39, 0.29) is 4.90 Å². The van der Waals surface area contributed by atoms with E-state index in [1.807, 2.05) is 13.8 Å². The molecule has 0 atom stereocenters. The molecule has 2 aromatic carbocycles. The lowest BCUT2D eigenvalue weighted by molar-refractivity contribution is 0.600. The summed E-state index contributed by atoms with van der Waals surface area (Å²) in [5.41, 5.74) is 2.20. The molecule has 112 valence electrons. The number of rotatable bonds is 3. The van der Waals surface area contributed by atoms with Crippen molar-refractivity contribution >= 4 is 59.2 Å². The standard InChI is InChI=1S/C14H12Br2ClNO2S/c1-8-3-4-10(17)6-13(8)18-21(19,20)14-7-11(15)9(2)5-12(14)16/h3-7,18H,1-2H3. The normalized spacial score (nSPS) is 11.5. The predicted octanol–water partition coefficient (Wildman–Crippen LogP) is 5.28. The molecule has 0 radical (unpaired) electrons. The fourth-order valence-corrected chi connectivity index (χ4v) is 4.71. The molecule has 0 heterocycles. The third-order valence-electron chi connectivity index (χ3n) is 2.95. The average molecular weight is 454 g/mol. The van der Waals surface area contributed by atoms with Crippen molar-refractivity contribution in [3.05, 3.63) is 55.4 Å². The van der Waals surface area contributed by atoms with Crippen LogP contribution in [0.1, 0.15) is 11.1 Å². The SMILES string of the molecule is Cc1cc(Br)c(S(=O)(=O)Nc2cc(Cl)ccc2C)cc1Br. The summed E-state index contributed by atoms with van der Waals surface area (Å²) in [4.78, 5) is 0.166. The van der Waals surface area contributed by atoms with Crippen molar-refractivity contribution < 1.29 is 8.42 Å². The molecule has 1 N–H and O–H groups in total. The van der Waals surface area contributed by atoms with Gasteiger partial charge in [0.1, 0.15) is 4.90 Å². The van der Waals surface area contributed by atoms with Gasteiger partial charge < -0.3 is 0 Å². The summed E-state index contributed by atoms with van der Waals surface area (Å²) < 4.78 is 28.9. The molecule has 2 rings (SSSR count). The van der Waals surface area contributed by atoms with E-state index < -0.39 is 10.0 Å². The molecule has 0 unspecified atom stereocenters. The molecule has 0 spiro atoms. The number of sulfonamides is 1.